The van der Waals surface area contributed by atoms with Crippen LogP contribution in [0.2, 0.25) is 0 Å². The summed E-state index contributed by atoms with van der Waals surface area (Å²) < 4.78 is 60.1. The second kappa shape index (κ2) is 32.4. The number of cyclic esters (lactones) is 1. The van der Waals surface area contributed by atoms with Gasteiger partial charge in [-0.05, 0) is 114 Å². The number of ketones is 3. The van der Waals surface area contributed by atoms with Gasteiger partial charge < -0.3 is 43.8 Å². The van der Waals surface area contributed by atoms with Crippen LogP contribution in [0.3, 0.4) is 0 Å². The molecule has 7 rings (SSSR count). The third-order valence-corrected chi connectivity index (χ3v) is 16.3. The lowest BCUT2D eigenvalue weighted by Gasteiger charge is -2.35. The van der Waals surface area contributed by atoms with Gasteiger partial charge in [0.25, 0.3) is 5.56 Å². The molecule has 23 heteroatoms. The average Bonchev–Trinajstić information content (AvgIpc) is 1.67. The highest BCUT2D eigenvalue weighted by Crippen LogP contribution is 2.42. The average molecular weight is 1230 g/mol. The van der Waals surface area contributed by atoms with E-state index >= 15 is 0 Å². The molecule has 472 valence electrons. The summed E-state index contributed by atoms with van der Waals surface area (Å²) in [5.41, 5.74) is 2.97. The second-order valence-electron chi connectivity index (χ2n) is 22.3. The zero-order chi connectivity index (χ0) is 64.1. The highest BCUT2D eigenvalue weighted by Gasteiger charge is 2.51. The van der Waals surface area contributed by atoms with Crippen molar-refractivity contribution in [1.29, 1.82) is 0 Å². The monoisotopic (exact) mass is 1230 g/mol. The van der Waals surface area contributed by atoms with Crippen LogP contribution in [0, 0.1) is 5.92 Å². The number of Topliss-reactive ketones (excluding diaryl/α,β-unsaturated/α-hetero) is 3. The number of unbranched alkanes of at least 4 members (excludes halogenated alkanes) is 2. The number of carbonyl (C=O) groups excluding carboxylic acids is 7. The van der Waals surface area contributed by atoms with Gasteiger partial charge in [0.1, 0.15) is 32.2 Å². The fraction of sp³-hybridized carbons (Fsp3) is 0.492. The molecule has 2 N–H and O–H groups in total. The molecule has 2 aliphatic heterocycles. The maximum absolute atomic E-state index is 14.4. The zero-order valence-corrected chi connectivity index (χ0v) is 51.7. The molecule has 2 amide bonds. The van der Waals surface area contributed by atoms with Crippen molar-refractivity contribution >= 4 is 73.8 Å². The van der Waals surface area contributed by atoms with Gasteiger partial charge in [0, 0.05) is 112 Å². The number of rotatable bonds is 36. The minimum Gasteiger partial charge on any atom is -0.457 e. The van der Waals surface area contributed by atoms with Crippen LogP contribution in [0.25, 0.3) is 28.4 Å². The van der Waals surface area contributed by atoms with Crippen LogP contribution in [0.15, 0.2) is 83.0 Å². The van der Waals surface area contributed by atoms with Gasteiger partial charge >= 0.3 is 12.1 Å². The van der Waals surface area contributed by atoms with Crippen LogP contribution < -0.4 is 16.2 Å². The minimum atomic E-state index is -3.47. The van der Waals surface area contributed by atoms with E-state index in [1.165, 1.54) is 12.4 Å². The molecule has 0 saturated heterocycles. The maximum Gasteiger partial charge on any atom is 0.510 e. The molecule has 2 aromatic carbocycles. The molecule has 5 aromatic rings. The first-order valence-electron chi connectivity index (χ1n) is 30.7. The first kappa shape index (κ1) is 66.1. The normalized spacial score (nSPS) is 14.8. The number of anilines is 1. The molecule has 88 heavy (non-hydrogen) atoms. The number of hydrogen-bond donors (Lipinski definition) is 2. The van der Waals surface area contributed by atoms with Crippen LogP contribution in [0.5, 0.6) is 0 Å². The topological polar surface area (TPSA) is 288 Å². The number of sulfone groups is 1. The fourth-order valence-electron chi connectivity index (χ4n) is 10.8. The first-order valence-corrected chi connectivity index (χ1v) is 31.9. The number of hydrogen-bond acceptors (Lipinski definition) is 19. The number of nitrogens with one attached hydrogen (secondary N) is 2. The van der Waals surface area contributed by atoms with Gasteiger partial charge in [0.15, 0.2) is 11.6 Å². The van der Waals surface area contributed by atoms with Gasteiger partial charge in [0.2, 0.25) is 32.4 Å². The molecular formula is C65H81N7O15S. The molecule has 0 spiro atoms. The minimum absolute atomic E-state index is 0.0228. The highest BCUT2D eigenvalue weighted by atomic mass is 32.2. The summed E-state index contributed by atoms with van der Waals surface area (Å²) in [4.78, 5) is 121. The summed E-state index contributed by atoms with van der Waals surface area (Å²) in [7, 11) is -3.47. The molecular weight excluding hydrogens is 1150 g/mol. The second-order valence-corrected chi connectivity index (χ2v) is 24.2. The summed E-state index contributed by atoms with van der Waals surface area (Å²) in [6.07, 6.45) is 11.7. The molecule has 0 aliphatic carbocycles. The van der Waals surface area contributed by atoms with E-state index in [-0.39, 0.29) is 105 Å². The SMILES string of the molecule is [3H]CCNCCCC[C@H](CC(=O)COCC(=O)CCCOCCCC(=O)CCC/C=C\c1cnc(S(C)(=O)=O)nc1)C(=O)Nc1ccc(COC(=O)O[C@]2(CC)C(=O)OCc3c2cc2n(c3=O)Cc3c-2nc2ccccc2c3CCN(C(C)=O)C(C)C)cc1. The number of aromatic nitrogens is 4. The number of amides is 2. The Balaban J connectivity index is 0.857. The quantitative estimate of drug-likeness (QED) is 0.0212. The number of carbonyl (C=O) groups is 7. The van der Waals surface area contributed by atoms with Gasteiger partial charge in [-0.2, -0.15) is 0 Å². The van der Waals surface area contributed by atoms with Crippen molar-refractivity contribution in [3.05, 3.63) is 117 Å². The summed E-state index contributed by atoms with van der Waals surface area (Å²) in [6.45, 7) is 8.63. The Morgan fingerprint density at radius 3 is 2.32 bits per heavy atom. The number of para-hydroxylation sites is 1. The van der Waals surface area contributed by atoms with Crippen molar-refractivity contribution in [3.63, 3.8) is 0 Å². The van der Waals surface area contributed by atoms with Gasteiger partial charge in [-0.15, -0.1) is 0 Å². The Morgan fingerprint density at radius 1 is 0.898 bits per heavy atom. The number of nitrogens with zero attached hydrogens (tertiary/aromatic N) is 5. The molecule has 0 saturated carbocycles. The van der Waals surface area contributed by atoms with Crippen molar-refractivity contribution in [2.75, 3.05) is 57.6 Å². The standard InChI is InChI=1S/C65H81N7O15S/c1-7-65(56-35-58-59-54(38-72(58)61(78)55(56)42-85-62(65)79)52(29-31-71(43(3)4)44(5)73)53-23-12-13-24-57(53)70-59)87-64(80)86-39-45-25-27-48(28-26-45)69-60(77)47(19-14-15-30-66-8-2)34-51(76)41-84-40-50(75)22-17-33-83-32-16-21-49(74)20-11-9-10-18-46-36-67-63(68-37-46)88(6,81)82/h10,12-13,18,23-28,35-37,43,47,66H,7-9,11,14-17,19-22,29-34,38-42H2,1-6H3,(H,69,77)/b18-10-/t47-,65+/m1/s1/i2T. The maximum atomic E-state index is 14.4. The predicted octanol–water partition coefficient (Wildman–Crippen LogP) is 8.34. The van der Waals surface area contributed by atoms with E-state index in [9.17, 15) is 46.8 Å². The zero-order valence-electron chi connectivity index (χ0n) is 51.9. The molecule has 22 nitrogen and oxygen atoms in total. The number of ether oxygens (including phenoxy) is 5. The smallest absolute Gasteiger partial charge is 0.457 e. The van der Waals surface area contributed by atoms with Crippen molar-refractivity contribution in [2.24, 2.45) is 5.92 Å². The summed E-state index contributed by atoms with van der Waals surface area (Å²) in [6, 6.07) is 15.8. The Kier molecular flexibility index (Phi) is 24.3. The number of fused-ring (bicyclic) bond motifs is 5. The van der Waals surface area contributed by atoms with Crippen LogP contribution in [-0.4, -0.2) is 132 Å². The highest BCUT2D eigenvalue weighted by molar-refractivity contribution is 7.90. The molecule has 0 fully saturated rings. The Bertz CT molecular complexity index is 3540. The molecule has 2 aliphatic rings. The molecule has 3 aromatic heterocycles. The predicted molar refractivity (Wildman–Crippen MR) is 329 cm³/mol. The van der Waals surface area contributed by atoms with Gasteiger partial charge in [0.05, 0.1) is 29.0 Å². The molecule has 0 bridgehead atoms. The van der Waals surface area contributed by atoms with E-state index in [0.717, 1.165) is 29.2 Å². The van der Waals surface area contributed by atoms with Crippen LogP contribution >= 0.6 is 0 Å². The van der Waals surface area contributed by atoms with Gasteiger partial charge in [-0.1, -0.05) is 62.7 Å². The number of allylic oxidation sites excluding steroid dienone is 1. The van der Waals surface area contributed by atoms with Crippen molar-refractivity contribution < 1.29 is 67.0 Å². The third-order valence-electron chi connectivity index (χ3n) is 15.5. The van der Waals surface area contributed by atoms with Crippen LogP contribution in [0.4, 0.5) is 10.5 Å². The molecule has 0 unspecified atom stereocenters. The lowest BCUT2D eigenvalue weighted by Crippen LogP contribution is -2.47. The van der Waals surface area contributed by atoms with E-state index in [2.05, 4.69) is 20.6 Å². The van der Waals surface area contributed by atoms with E-state index in [1.54, 1.807) is 59.7 Å². The van der Waals surface area contributed by atoms with Crippen molar-refractivity contribution in [2.45, 2.75) is 155 Å². The lowest BCUT2D eigenvalue weighted by molar-refractivity contribution is -0.175. The largest absolute Gasteiger partial charge is 0.510 e. The number of pyridine rings is 2. The Labute approximate surface area is 514 Å². The number of esters is 1. The molecule has 2 atom stereocenters. The van der Waals surface area contributed by atoms with Gasteiger partial charge in [-0.25, -0.2) is 33.0 Å². The van der Waals surface area contributed by atoms with Crippen molar-refractivity contribution in [3.8, 4) is 11.4 Å². The summed E-state index contributed by atoms with van der Waals surface area (Å²) in [5, 5.41) is 6.72. The summed E-state index contributed by atoms with van der Waals surface area (Å²) >= 11 is 0. The van der Waals surface area contributed by atoms with Crippen LogP contribution in [0.1, 0.15) is 146 Å². The summed E-state index contributed by atoms with van der Waals surface area (Å²) in [5.74, 6) is -2.45. The molecule has 0 radical (unpaired) electrons. The Hall–Kier alpha value is -7.86. The Morgan fingerprint density at radius 2 is 1.61 bits per heavy atom. The van der Waals surface area contributed by atoms with E-state index < -0.39 is 44.9 Å². The lowest BCUT2D eigenvalue weighted by atomic mass is 9.85. The van der Waals surface area contributed by atoms with Gasteiger partial charge in [-0.3, -0.25) is 28.8 Å². The third kappa shape index (κ3) is 18.4. The number of benzene rings is 2. The fourth-order valence-corrected chi connectivity index (χ4v) is 11.3. The molecule has 5 heterocycles. The van der Waals surface area contributed by atoms with Crippen molar-refractivity contribution in [1.82, 2.24) is 29.7 Å². The van der Waals surface area contributed by atoms with E-state index in [0.29, 0.717) is 124 Å². The van der Waals surface area contributed by atoms with E-state index in [1.807, 2.05) is 44.2 Å². The van der Waals surface area contributed by atoms with Crippen LogP contribution in [-0.2, 0) is 94.1 Å². The van der Waals surface area contributed by atoms with E-state index in [4.69, 9.17) is 30.0 Å². The first-order chi connectivity index (χ1) is 42.7.